The Morgan fingerprint density at radius 2 is 1.86 bits per heavy atom. The molecule has 21 heavy (non-hydrogen) atoms. The zero-order chi connectivity index (χ0) is 16.4. The van der Waals surface area contributed by atoms with E-state index in [1.807, 2.05) is 0 Å². The van der Waals surface area contributed by atoms with E-state index in [4.69, 9.17) is 10.8 Å². The summed E-state index contributed by atoms with van der Waals surface area (Å²) >= 11 is 0. The topological polar surface area (TPSA) is 92.4 Å². The van der Waals surface area contributed by atoms with E-state index in [1.165, 1.54) is 0 Å². The van der Waals surface area contributed by atoms with E-state index in [1.54, 1.807) is 13.8 Å². The Balaban J connectivity index is 3.19. The first-order valence-corrected chi connectivity index (χ1v) is 6.05. The molecule has 0 aliphatic carbocycles. The van der Waals surface area contributed by atoms with Crippen molar-refractivity contribution in [2.24, 2.45) is 11.7 Å². The molecule has 0 aromatic heterocycles. The minimum Gasteiger partial charge on any atom is -0.478 e. The maximum absolute atomic E-state index is 12.6. The summed E-state index contributed by atoms with van der Waals surface area (Å²) in [5.74, 6) is -2.44. The van der Waals surface area contributed by atoms with Gasteiger partial charge in [0.05, 0.1) is 22.9 Å². The van der Waals surface area contributed by atoms with Gasteiger partial charge < -0.3 is 16.2 Å². The van der Waals surface area contributed by atoms with E-state index in [-0.39, 0.29) is 5.92 Å². The van der Waals surface area contributed by atoms with E-state index >= 15 is 0 Å². The Hall–Kier alpha value is -2.09. The van der Waals surface area contributed by atoms with Crippen LogP contribution >= 0.6 is 0 Å². The molecule has 0 spiro atoms. The van der Waals surface area contributed by atoms with E-state index in [9.17, 15) is 22.8 Å². The van der Waals surface area contributed by atoms with Gasteiger partial charge >= 0.3 is 12.1 Å². The number of carbonyl (C=O) groups is 2. The van der Waals surface area contributed by atoms with Crippen LogP contribution in [-0.4, -0.2) is 23.0 Å². The maximum atomic E-state index is 12.6. The number of benzene rings is 1. The van der Waals surface area contributed by atoms with Crippen LogP contribution in [0.25, 0.3) is 0 Å². The van der Waals surface area contributed by atoms with Crippen LogP contribution in [0.2, 0.25) is 0 Å². The predicted octanol–water partition coefficient (Wildman–Crippen LogP) is 2.33. The van der Waals surface area contributed by atoms with Crippen molar-refractivity contribution in [3.8, 4) is 0 Å². The second-order valence-electron chi connectivity index (χ2n) is 4.82. The van der Waals surface area contributed by atoms with Gasteiger partial charge in [0, 0.05) is 0 Å². The molecule has 1 aromatic carbocycles. The molecule has 0 aliphatic rings. The van der Waals surface area contributed by atoms with Gasteiger partial charge in [0.25, 0.3) is 0 Å². The third-order valence-corrected chi connectivity index (χ3v) is 2.86. The van der Waals surface area contributed by atoms with Crippen molar-refractivity contribution < 1.29 is 27.9 Å². The highest BCUT2D eigenvalue weighted by atomic mass is 19.4. The van der Waals surface area contributed by atoms with Crippen molar-refractivity contribution in [1.29, 1.82) is 0 Å². The van der Waals surface area contributed by atoms with Crippen LogP contribution in [0.3, 0.4) is 0 Å². The van der Waals surface area contributed by atoms with Gasteiger partial charge in [-0.15, -0.1) is 0 Å². The second-order valence-corrected chi connectivity index (χ2v) is 4.82. The maximum Gasteiger partial charge on any atom is 0.416 e. The Bertz CT molecular complexity index is 556. The van der Waals surface area contributed by atoms with Crippen molar-refractivity contribution in [3.63, 3.8) is 0 Å². The van der Waals surface area contributed by atoms with Crippen molar-refractivity contribution >= 4 is 17.6 Å². The number of hydrogen-bond donors (Lipinski definition) is 3. The van der Waals surface area contributed by atoms with E-state index in [2.05, 4.69) is 5.32 Å². The molecular weight excluding hydrogens is 289 g/mol. The van der Waals surface area contributed by atoms with Gasteiger partial charge in [-0.05, 0) is 24.1 Å². The summed E-state index contributed by atoms with van der Waals surface area (Å²) in [4.78, 5) is 22.8. The van der Waals surface area contributed by atoms with Gasteiger partial charge in [-0.1, -0.05) is 13.8 Å². The zero-order valence-electron chi connectivity index (χ0n) is 11.4. The highest BCUT2D eigenvalue weighted by Crippen LogP contribution is 2.32. The number of carboxylic acids is 1. The van der Waals surface area contributed by atoms with Crippen LogP contribution in [0.15, 0.2) is 18.2 Å². The molecule has 5 nitrogen and oxygen atoms in total. The first-order valence-electron chi connectivity index (χ1n) is 6.05. The molecular formula is C13H15F3N2O3. The fourth-order valence-electron chi connectivity index (χ4n) is 1.53. The summed E-state index contributed by atoms with van der Waals surface area (Å²) in [6.07, 6.45) is -4.64. The number of carbonyl (C=O) groups excluding carboxylic acids is 1. The molecule has 1 atom stereocenters. The third kappa shape index (κ3) is 4.19. The number of amides is 1. The number of alkyl halides is 3. The first kappa shape index (κ1) is 17.0. The highest BCUT2D eigenvalue weighted by molar-refractivity contribution is 6.02. The third-order valence-electron chi connectivity index (χ3n) is 2.86. The van der Waals surface area contributed by atoms with Gasteiger partial charge in [-0.2, -0.15) is 13.2 Å². The lowest BCUT2D eigenvalue weighted by Crippen LogP contribution is -2.40. The van der Waals surface area contributed by atoms with Crippen molar-refractivity contribution in [2.75, 3.05) is 5.32 Å². The Labute approximate surface area is 118 Å². The van der Waals surface area contributed by atoms with Crippen LogP contribution in [0, 0.1) is 5.92 Å². The molecule has 0 saturated carbocycles. The van der Waals surface area contributed by atoms with Crippen LogP contribution in [-0.2, 0) is 11.0 Å². The van der Waals surface area contributed by atoms with Gasteiger partial charge in [0.15, 0.2) is 0 Å². The lowest BCUT2D eigenvalue weighted by molar-refractivity contribution is -0.137. The molecule has 116 valence electrons. The van der Waals surface area contributed by atoms with Crippen molar-refractivity contribution in [1.82, 2.24) is 0 Å². The van der Waals surface area contributed by atoms with Crippen LogP contribution in [0.1, 0.15) is 29.8 Å². The lowest BCUT2D eigenvalue weighted by atomic mass is 10.0. The molecule has 0 bridgehead atoms. The van der Waals surface area contributed by atoms with Gasteiger partial charge in [0.2, 0.25) is 5.91 Å². The minimum absolute atomic E-state index is 0.246. The zero-order valence-corrected chi connectivity index (χ0v) is 11.4. The Morgan fingerprint density at radius 3 is 2.29 bits per heavy atom. The largest absolute Gasteiger partial charge is 0.478 e. The SMILES string of the molecule is CC(C)[C@H](N)C(=O)Nc1cc(C(F)(F)F)ccc1C(=O)O. The monoisotopic (exact) mass is 304 g/mol. The molecule has 0 fully saturated rings. The molecule has 4 N–H and O–H groups in total. The number of rotatable bonds is 4. The minimum atomic E-state index is -4.64. The number of nitrogens with one attached hydrogen (secondary N) is 1. The van der Waals surface area contributed by atoms with Gasteiger partial charge in [-0.3, -0.25) is 4.79 Å². The number of nitrogens with two attached hydrogens (primary N) is 1. The van der Waals surface area contributed by atoms with Crippen LogP contribution in [0.4, 0.5) is 18.9 Å². The highest BCUT2D eigenvalue weighted by Gasteiger charge is 2.32. The molecule has 0 saturated heterocycles. The summed E-state index contributed by atoms with van der Waals surface area (Å²) < 4.78 is 37.9. The molecule has 1 amide bonds. The number of halogens is 3. The van der Waals surface area contributed by atoms with Crippen molar-refractivity contribution in [2.45, 2.75) is 26.1 Å². The molecule has 0 aliphatic heterocycles. The van der Waals surface area contributed by atoms with Crippen molar-refractivity contribution in [3.05, 3.63) is 29.3 Å². The average molecular weight is 304 g/mol. The van der Waals surface area contributed by atoms with Gasteiger partial charge in [-0.25, -0.2) is 4.79 Å². The predicted molar refractivity (Wildman–Crippen MR) is 69.8 cm³/mol. The number of aromatic carboxylic acids is 1. The molecule has 0 radical (unpaired) electrons. The summed E-state index contributed by atoms with van der Waals surface area (Å²) in [5, 5.41) is 11.1. The Kier molecular flexibility index (Phi) is 4.95. The van der Waals surface area contributed by atoms with Crippen LogP contribution in [0.5, 0.6) is 0 Å². The molecule has 0 unspecified atom stereocenters. The summed E-state index contributed by atoms with van der Waals surface area (Å²) in [7, 11) is 0. The Morgan fingerprint density at radius 1 is 1.29 bits per heavy atom. The molecule has 8 heteroatoms. The van der Waals surface area contributed by atoms with E-state index < -0.39 is 40.9 Å². The summed E-state index contributed by atoms with van der Waals surface area (Å²) in [5.41, 5.74) is 3.65. The van der Waals surface area contributed by atoms with Crippen LogP contribution < -0.4 is 11.1 Å². The summed E-state index contributed by atoms with van der Waals surface area (Å²) in [6.45, 7) is 3.32. The standard InChI is InChI=1S/C13H15F3N2O3/c1-6(2)10(17)11(19)18-9-5-7(13(14,15)16)3-4-8(9)12(20)21/h3-6,10H,17H2,1-2H3,(H,18,19)(H,20,21)/t10-/m0/s1. The normalized spacial score (nSPS) is 13.1. The number of anilines is 1. The molecule has 1 rings (SSSR count). The summed E-state index contributed by atoms with van der Waals surface area (Å²) in [6, 6.07) is 1.05. The van der Waals surface area contributed by atoms with E-state index in [0.29, 0.717) is 12.1 Å². The number of carboxylic acid groups (broad SMARTS) is 1. The smallest absolute Gasteiger partial charge is 0.416 e. The first-order chi connectivity index (χ1) is 9.54. The average Bonchev–Trinajstić information content (AvgIpc) is 2.36. The fourth-order valence-corrected chi connectivity index (χ4v) is 1.53. The lowest BCUT2D eigenvalue weighted by Gasteiger charge is -2.17. The van der Waals surface area contributed by atoms with E-state index in [0.717, 1.165) is 6.07 Å². The molecule has 1 aromatic rings. The fraction of sp³-hybridized carbons (Fsp3) is 0.385. The molecule has 0 heterocycles. The second kappa shape index (κ2) is 6.13. The quantitative estimate of drug-likeness (QED) is 0.796. The number of hydrogen-bond acceptors (Lipinski definition) is 3. The van der Waals surface area contributed by atoms with Gasteiger partial charge in [0.1, 0.15) is 0 Å².